The van der Waals surface area contributed by atoms with E-state index in [4.69, 9.17) is 23.2 Å². The fraction of sp³-hybridized carbons (Fsp3) is 0.207. The van der Waals surface area contributed by atoms with Crippen LogP contribution in [0.15, 0.2) is 48.0 Å². The minimum atomic E-state index is -0.519. The van der Waals surface area contributed by atoms with E-state index in [1.807, 2.05) is 37.3 Å². The van der Waals surface area contributed by atoms with Gasteiger partial charge in [0.15, 0.2) is 0 Å². The van der Waals surface area contributed by atoms with Gasteiger partial charge in [-0.2, -0.15) is 10.5 Å². The Morgan fingerprint density at radius 2 is 1.95 bits per heavy atom. The molecule has 0 fully saturated rings. The second-order valence-corrected chi connectivity index (χ2v) is 10.9. The van der Waals surface area contributed by atoms with Crippen LogP contribution in [0.2, 0.25) is 10.0 Å². The van der Waals surface area contributed by atoms with Crippen LogP contribution < -0.4 is 5.32 Å². The van der Waals surface area contributed by atoms with Crippen LogP contribution in [0.25, 0.3) is 17.0 Å². The topological polar surface area (TPSA) is 81.6 Å². The summed E-state index contributed by atoms with van der Waals surface area (Å²) in [6.07, 6.45) is 5.52. The molecule has 1 amide bonds. The van der Waals surface area contributed by atoms with Gasteiger partial charge in [0.1, 0.15) is 22.7 Å². The second-order valence-electron chi connectivity index (χ2n) is 8.99. The molecular weight excluding hydrogens is 523 g/mol. The van der Waals surface area contributed by atoms with E-state index in [0.29, 0.717) is 27.2 Å². The van der Waals surface area contributed by atoms with Gasteiger partial charge >= 0.3 is 0 Å². The van der Waals surface area contributed by atoms with Crippen LogP contribution >= 0.6 is 34.5 Å². The number of fused-ring (bicyclic) bond motifs is 2. The first kappa shape index (κ1) is 25.1. The monoisotopic (exact) mass is 544 g/mol. The van der Waals surface area contributed by atoms with Gasteiger partial charge in [0.05, 0.1) is 5.56 Å². The van der Waals surface area contributed by atoms with Gasteiger partial charge in [0.25, 0.3) is 5.91 Å². The zero-order valence-corrected chi connectivity index (χ0v) is 22.4. The summed E-state index contributed by atoms with van der Waals surface area (Å²) in [7, 11) is 0. The Morgan fingerprint density at radius 3 is 2.70 bits per heavy atom. The highest BCUT2D eigenvalue weighted by atomic mass is 35.5. The molecule has 5 rings (SSSR count). The summed E-state index contributed by atoms with van der Waals surface area (Å²) in [5.74, 6) is -0.519. The lowest BCUT2D eigenvalue weighted by Crippen LogP contribution is -2.13. The largest absolute Gasteiger partial charge is 0.340 e. The molecule has 4 aromatic rings. The fourth-order valence-corrected chi connectivity index (χ4v) is 6.60. The highest BCUT2D eigenvalue weighted by Gasteiger charge is 2.23. The SMILES string of the molecule is Cc1c(/C=C(\C#N)C(=O)Nc2sc3c(c2C#N)CCCC3)c2ccccc2n1Cc1ccc(Cl)cc1Cl. The smallest absolute Gasteiger partial charge is 0.266 e. The van der Waals surface area contributed by atoms with Crippen LogP contribution in [-0.4, -0.2) is 10.5 Å². The van der Waals surface area contributed by atoms with E-state index in [2.05, 4.69) is 22.0 Å². The number of hydrogen-bond donors (Lipinski definition) is 1. The molecule has 2 aromatic carbocycles. The van der Waals surface area contributed by atoms with E-state index in [9.17, 15) is 15.3 Å². The number of hydrogen-bond acceptors (Lipinski definition) is 4. The molecule has 0 spiro atoms. The molecular formula is C29H22Cl2N4OS. The third-order valence-corrected chi connectivity index (χ3v) is 8.58. The van der Waals surface area contributed by atoms with Gasteiger partial charge in [0.2, 0.25) is 0 Å². The number of thiophene rings is 1. The van der Waals surface area contributed by atoms with Gasteiger partial charge in [-0.15, -0.1) is 11.3 Å². The molecule has 8 heteroatoms. The molecule has 0 unspecified atom stereocenters. The normalized spacial score (nSPS) is 13.2. The molecule has 1 aliphatic carbocycles. The zero-order valence-electron chi connectivity index (χ0n) is 20.1. The number of anilines is 1. The number of aryl methyl sites for hydroxylation is 1. The number of nitrogens with zero attached hydrogens (tertiary/aromatic N) is 3. The van der Waals surface area contributed by atoms with Gasteiger partial charge in [-0.1, -0.05) is 47.5 Å². The number of nitrogens with one attached hydrogen (secondary N) is 1. The summed E-state index contributed by atoms with van der Waals surface area (Å²) >= 11 is 14.0. The predicted octanol–water partition coefficient (Wildman–Crippen LogP) is 7.66. The Morgan fingerprint density at radius 1 is 1.16 bits per heavy atom. The summed E-state index contributed by atoms with van der Waals surface area (Å²) in [4.78, 5) is 14.4. The van der Waals surface area contributed by atoms with E-state index in [0.717, 1.165) is 63.8 Å². The second kappa shape index (κ2) is 10.4. The average molecular weight is 545 g/mol. The summed E-state index contributed by atoms with van der Waals surface area (Å²) < 4.78 is 2.12. The van der Waals surface area contributed by atoms with E-state index >= 15 is 0 Å². The Hall–Kier alpha value is -3.55. The quantitative estimate of drug-likeness (QED) is 0.206. The molecule has 2 aromatic heterocycles. The van der Waals surface area contributed by atoms with Gasteiger partial charge in [-0.05, 0) is 68.0 Å². The number of aromatic nitrogens is 1. The lowest BCUT2D eigenvalue weighted by molar-refractivity contribution is -0.112. The van der Waals surface area contributed by atoms with Crippen molar-refractivity contribution in [3.05, 3.63) is 90.9 Å². The van der Waals surface area contributed by atoms with Crippen molar-refractivity contribution < 1.29 is 4.79 Å². The molecule has 2 heterocycles. The van der Waals surface area contributed by atoms with Gasteiger partial charge in [-0.3, -0.25) is 4.79 Å². The fourth-order valence-electron chi connectivity index (χ4n) is 4.90. The summed E-state index contributed by atoms with van der Waals surface area (Å²) in [5, 5.41) is 25.1. The Bertz CT molecular complexity index is 1670. The third-order valence-electron chi connectivity index (χ3n) is 6.79. The molecule has 5 nitrogen and oxygen atoms in total. The van der Waals surface area contributed by atoms with E-state index in [1.165, 1.54) is 11.3 Å². The molecule has 0 aliphatic heterocycles. The van der Waals surface area contributed by atoms with Crippen molar-refractivity contribution in [1.29, 1.82) is 10.5 Å². The molecule has 37 heavy (non-hydrogen) atoms. The summed E-state index contributed by atoms with van der Waals surface area (Å²) in [6, 6.07) is 17.6. The van der Waals surface area contributed by atoms with Crippen LogP contribution in [-0.2, 0) is 24.2 Å². The molecule has 0 atom stereocenters. The third kappa shape index (κ3) is 4.77. The first-order valence-electron chi connectivity index (χ1n) is 11.9. The van der Waals surface area contributed by atoms with Crippen LogP contribution in [0, 0.1) is 29.6 Å². The Balaban J connectivity index is 1.52. The van der Waals surface area contributed by atoms with Crippen LogP contribution in [0.4, 0.5) is 5.00 Å². The lowest BCUT2D eigenvalue weighted by Gasteiger charge is -2.11. The number of benzene rings is 2. The average Bonchev–Trinajstić information content (AvgIpc) is 3.37. The number of carbonyl (C=O) groups is 1. The van der Waals surface area contributed by atoms with Gasteiger partial charge < -0.3 is 9.88 Å². The zero-order chi connectivity index (χ0) is 26.1. The van der Waals surface area contributed by atoms with Crippen LogP contribution in [0.3, 0.4) is 0 Å². The number of carbonyl (C=O) groups excluding carboxylic acids is 1. The lowest BCUT2D eigenvalue weighted by atomic mass is 9.96. The number of rotatable bonds is 5. The maximum absolute atomic E-state index is 13.2. The van der Waals surface area contributed by atoms with Crippen molar-refractivity contribution in [1.82, 2.24) is 4.57 Å². The number of para-hydroxylation sites is 1. The maximum Gasteiger partial charge on any atom is 0.266 e. The highest BCUT2D eigenvalue weighted by molar-refractivity contribution is 7.16. The molecule has 184 valence electrons. The summed E-state index contributed by atoms with van der Waals surface area (Å²) in [6.45, 7) is 2.47. The highest BCUT2D eigenvalue weighted by Crippen LogP contribution is 2.38. The standard InChI is InChI=1S/C29H22Cl2N4OS/c1-17-23(21-6-2-4-8-26(21)35(17)16-18-10-11-20(30)13-25(18)31)12-19(14-32)28(36)34-29-24(15-33)22-7-3-5-9-27(22)37-29/h2,4,6,8,10-13H,3,5,7,9,16H2,1H3,(H,34,36)/b19-12+. The van der Waals surface area contributed by atoms with Gasteiger partial charge in [-0.25, -0.2) is 0 Å². The summed E-state index contributed by atoms with van der Waals surface area (Å²) in [5.41, 5.74) is 5.11. The molecule has 0 saturated heterocycles. The van der Waals surface area contributed by atoms with Gasteiger partial charge in [0, 0.05) is 43.6 Å². The van der Waals surface area contributed by atoms with Crippen LogP contribution in [0.5, 0.6) is 0 Å². The van der Waals surface area contributed by atoms with Crippen molar-refractivity contribution in [2.75, 3.05) is 5.32 Å². The number of amides is 1. The molecule has 0 radical (unpaired) electrons. The molecule has 0 bridgehead atoms. The van der Waals surface area contributed by atoms with E-state index < -0.39 is 5.91 Å². The predicted molar refractivity (Wildman–Crippen MR) is 150 cm³/mol. The number of nitriles is 2. The van der Waals surface area contributed by atoms with Crippen molar-refractivity contribution in [2.45, 2.75) is 39.2 Å². The minimum absolute atomic E-state index is 0.0224. The van der Waals surface area contributed by atoms with Crippen molar-refractivity contribution in [3.63, 3.8) is 0 Å². The first-order chi connectivity index (χ1) is 17.9. The maximum atomic E-state index is 13.2. The van der Waals surface area contributed by atoms with Crippen molar-refractivity contribution in [3.8, 4) is 12.1 Å². The number of halogens is 2. The molecule has 0 saturated carbocycles. The molecule has 1 N–H and O–H groups in total. The van der Waals surface area contributed by atoms with Crippen LogP contribution in [0.1, 0.15) is 45.7 Å². The first-order valence-corrected chi connectivity index (χ1v) is 13.5. The molecule has 1 aliphatic rings. The van der Waals surface area contributed by atoms with Crippen molar-refractivity contribution in [2.24, 2.45) is 0 Å². The minimum Gasteiger partial charge on any atom is -0.340 e. The Labute approximate surface area is 229 Å². The van der Waals surface area contributed by atoms with Crippen molar-refractivity contribution >= 4 is 62.4 Å². The Kier molecular flexibility index (Phi) is 7.09. The van der Waals surface area contributed by atoms with E-state index in [1.54, 1.807) is 18.2 Å². The van der Waals surface area contributed by atoms with E-state index in [-0.39, 0.29) is 5.57 Å².